The van der Waals surface area contributed by atoms with Crippen molar-refractivity contribution in [2.45, 2.75) is 31.3 Å². The van der Waals surface area contributed by atoms with Crippen LogP contribution >= 0.6 is 11.6 Å². The molecule has 2 aliphatic rings. The van der Waals surface area contributed by atoms with Crippen molar-refractivity contribution < 1.29 is 17.9 Å². The molecule has 2 aromatic carbocycles. The minimum atomic E-state index is -3.09. The van der Waals surface area contributed by atoms with E-state index < -0.39 is 9.84 Å². The third-order valence-electron chi connectivity index (χ3n) is 5.86. The topological polar surface area (TPSA) is 63.7 Å². The van der Waals surface area contributed by atoms with Gasteiger partial charge >= 0.3 is 0 Å². The monoisotopic (exact) mass is 433 g/mol. The van der Waals surface area contributed by atoms with Crippen LogP contribution in [0.4, 0.5) is 0 Å². The molecule has 0 spiro atoms. The molecule has 0 bridgehead atoms. The molecule has 1 heterocycles. The first kappa shape index (κ1) is 20.2. The minimum Gasteiger partial charge on any atom is -0.497 e. The maximum Gasteiger partial charge on any atom is 0.226 e. The van der Waals surface area contributed by atoms with E-state index >= 15 is 0 Å². The zero-order chi connectivity index (χ0) is 20.6. The maximum absolute atomic E-state index is 13.4. The highest BCUT2D eigenvalue weighted by atomic mass is 35.5. The van der Waals surface area contributed by atoms with Gasteiger partial charge in [-0.05, 0) is 48.1 Å². The highest BCUT2D eigenvalue weighted by Gasteiger charge is 2.48. The van der Waals surface area contributed by atoms with Crippen molar-refractivity contribution >= 4 is 27.3 Å². The molecule has 0 N–H and O–H groups in total. The number of amides is 1. The Labute approximate surface area is 176 Å². The molecule has 1 amide bonds. The van der Waals surface area contributed by atoms with Crippen LogP contribution in [0.5, 0.6) is 5.75 Å². The van der Waals surface area contributed by atoms with Gasteiger partial charge in [-0.1, -0.05) is 41.9 Å². The van der Waals surface area contributed by atoms with E-state index in [9.17, 15) is 13.2 Å². The number of benzene rings is 2. The van der Waals surface area contributed by atoms with Crippen molar-refractivity contribution in [1.82, 2.24) is 4.90 Å². The number of halogens is 1. The van der Waals surface area contributed by atoms with E-state index in [4.69, 9.17) is 16.3 Å². The quantitative estimate of drug-likeness (QED) is 0.697. The zero-order valence-electron chi connectivity index (χ0n) is 16.3. The summed E-state index contributed by atoms with van der Waals surface area (Å²) >= 11 is 6.32. The lowest BCUT2D eigenvalue weighted by Crippen LogP contribution is -2.41. The Hall–Kier alpha value is -2.05. The highest BCUT2D eigenvalue weighted by Crippen LogP contribution is 2.51. The van der Waals surface area contributed by atoms with Crippen molar-refractivity contribution in [2.75, 3.05) is 18.6 Å². The number of hydrogen-bond donors (Lipinski definition) is 0. The lowest BCUT2D eigenvalue weighted by molar-refractivity contribution is -0.135. The molecule has 2 fully saturated rings. The molecule has 1 saturated carbocycles. The molecule has 1 aliphatic carbocycles. The molecule has 7 heteroatoms. The van der Waals surface area contributed by atoms with Crippen LogP contribution in [0.25, 0.3) is 0 Å². The Balaban J connectivity index is 1.55. The van der Waals surface area contributed by atoms with E-state index in [2.05, 4.69) is 0 Å². The van der Waals surface area contributed by atoms with E-state index in [1.54, 1.807) is 12.0 Å². The molecule has 1 aliphatic heterocycles. The largest absolute Gasteiger partial charge is 0.497 e. The van der Waals surface area contributed by atoms with Crippen molar-refractivity contribution in [1.29, 1.82) is 0 Å². The van der Waals surface area contributed by atoms with Gasteiger partial charge in [0.25, 0.3) is 0 Å². The maximum atomic E-state index is 13.4. The number of hydrogen-bond acceptors (Lipinski definition) is 4. The lowest BCUT2D eigenvalue weighted by Gasteiger charge is -2.29. The zero-order valence-corrected chi connectivity index (χ0v) is 17.8. The van der Waals surface area contributed by atoms with Crippen molar-refractivity contribution in [3.63, 3.8) is 0 Å². The number of carbonyl (C=O) groups is 1. The molecule has 5 nitrogen and oxygen atoms in total. The molecule has 2 aromatic rings. The summed E-state index contributed by atoms with van der Waals surface area (Å²) in [6.45, 7) is 0.398. The van der Waals surface area contributed by atoms with Crippen LogP contribution in [0.15, 0.2) is 48.5 Å². The predicted octanol–water partition coefficient (Wildman–Crippen LogP) is 3.67. The summed E-state index contributed by atoms with van der Waals surface area (Å²) in [6.07, 6.45) is 1.24. The summed E-state index contributed by atoms with van der Waals surface area (Å²) in [7, 11) is -1.48. The fourth-order valence-electron chi connectivity index (χ4n) is 4.14. The van der Waals surface area contributed by atoms with Gasteiger partial charge in [0.1, 0.15) is 5.75 Å². The van der Waals surface area contributed by atoms with Gasteiger partial charge in [-0.3, -0.25) is 4.79 Å². The van der Waals surface area contributed by atoms with Crippen LogP contribution in [-0.4, -0.2) is 43.9 Å². The summed E-state index contributed by atoms with van der Waals surface area (Å²) in [5.74, 6) is 0.911. The third-order valence-corrected chi connectivity index (χ3v) is 7.95. The number of sulfone groups is 1. The van der Waals surface area contributed by atoms with Gasteiger partial charge in [0.2, 0.25) is 5.91 Å². The Morgan fingerprint density at radius 3 is 2.52 bits per heavy atom. The van der Waals surface area contributed by atoms with Gasteiger partial charge in [0.05, 0.1) is 18.6 Å². The molecule has 0 aromatic heterocycles. The van der Waals surface area contributed by atoms with Crippen molar-refractivity contribution in [3.8, 4) is 5.75 Å². The first-order valence-corrected chi connectivity index (χ1v) is 12.0. The molecule has 1 saturated heterocycles. The van der Waals surface area contributed by atoms with E-state index in [-0.39, 0.29) is 35.3 Å². The standard InChI is InChI=1S/C22H24ClNO4S/c1-28-17-8-6-15(7-9-17)13-24(16-10-11-29(26,27)14-16)22(25)20-12-19(20)18-4-2-3-5-21(18)23/h2-9,16,19-20H,10-14H2,1H3. The second-order valence-electron chi connectivity index (χ2n) is 7.84. The van der Waals surface area contributed by atoms with Crippen molar-refractivity contribution in [3.05, 3.63) is 64.7 Å². The van der Waals surface area contributed by atoms with Crippen molar-refractivity contribution in [2.24, 2.45) is 5.92 Å². The first-order valence-electron chi connectivity index (χ1n) is 9.76. The molecule has 3 unspecified atom stereocenters. The van der Waals surface area contributed by atoms with Gasteiger partial charge in [-0.2, -0.15) is 0 Å². The average molecular weight is 434 g/mol. The van der Waals surface area contributed by atoms with Gasteiger partial charge in [0, 0.05) is 23.5 Å². The number of carbonyl (C=O) groups excluding carboxylic acids is 1. The summed E-state index contributed by atoms with van der Waals surface area (Å²) in [4.78, 5) is 15.2. The molecule has 3 atom stereocenters. The van der Waals surface area contributed by atoms with Crippen LogP contribution < -0.4 is 4.74 Å². The van der Waals surface area contributed by atoms with Crippen LogP contribution in [0.3, 0.4) is 0 Å². The van der Waals surface area contributed by atoms with Gasteiger partial charge in [-0.15, -0.1) is 0 Å². The minimum absolute atomic E-state index is 0.0211. The fourth-order valence-corrected chi connectivity index (χ4v) is 6.14. The second kappa shape index (κ2) is 8.00. The third kappa shape index (κ3) is 4.43. The van der Waals surface area contributed by atoms with Crippen LogP contribution in [-0.2, 0) is 21.2 Å². The number of methoxy groups -OCH3 is 1. The highest BCUT2D eigenvalue weighted by molar-refractivity contribution is 7.91. The molecule has 4 rings (SSSR count). The van der Waals surface area contributed by atoms with E-state index in [0.29, 0.717) is 18.0 Å². The van der Waals surface area contributed by atoms with Gasteiger partial charge in [-0.25, -0.2) is 8.42 Å². The average Bonchev–Trinajstić information content (AvgIpc) is 3.42. The SMILES string of the molecule is COc1ccc(CN(C(=O)C2CC2c2ccccc2Cl)C2CCS(=O)(=O)C2)cc1. The van der Waals surface area contributed by atoms with E-state index in [1.807, 2.05) is 48.5 Å². The first-order chi connectivity index (χ1) is 13.9. The normalized spacial score (nSPS) is 24.8. The summed E-state index contributed by atoms with van der Waals surface area (Å²) in [6, 6.07) is 14.9. The smallest absolute Gasteiger partial charge is 0.226 e. The van der Waals surface area contributed by atoms with Gasteiger partial charge in [0.15, 0.2) is 9.84 Å². The van der Waals surface area contributed by atoms with Gasteiger partial charge < -0.3 is 9.64 Å². The molecule has 29 heavy (non-hydrogen) atoms. The van der Waals surface area contributed by atoms with E-state index in [0.717, 1.165) is 23.3 Å². The van der Waals surface area contributed by atoms with Crippen LogP contribution in [0.1, 0.15) is 29.9 Å². The lowest BCUT2D eigenvalue weighted by atomic mass is 10.1. The summed E-state index contributed by atoms with van der Waals surface area (Å²) in [5, 5.41) is 0.679. The number of nitrogens with zero attached hydrogens (tertiary/aromatic N) is 1. The van der Waals surface area contributed by atoms with Crippen LogP contribution in [0, 0.1) is 5.92 Å². The van der Waals surface area contributed by atoms with E-state index in [1.165, 1.54) is 0 Å². The molecular weight excluding hydrogens is 410 g/mol. The molecule has 0 radical (unpaired) electrons. The fraction of sp³-hybridized carbons (Fsp3) is 0.409. The summed E-state index contributed by atoms with van der Waals surface area (Å²) < 4.78 is 29.3. The summed E-state index contributed by atoms with van der Waals surface area (Å²) in [5.41, 5.74) is 1.95. The Morgan fingerprint density at radius 1 is 1.17 bits per heavy atom. The Kier molecular flexibility index (Phi) is 5.58. The molecule has 154 valence electrons. The Bertz CT molecular complexity index is 1010. The predicted molar refractivity (Wildman–Crippen MR) is 113 cm³/mol. The Morgan fingerprint density at radius 2 is 1.90 bits per heavy atom. The number of rotatable bonds is 6. The molecular formula is C22H24ClNO4S. The number of ether oxygens (including phenoxy) is 1. The second-order valence-corrected chi connectivity index (χ2v) is 10.5. The van der Waals surface area contributed by atoms with Crippen LogP contribution in [0.2, 0.25) is 5.02 Å².